The first-order valence-corrected chi connectivity index (χ1v) is 5.94. The van der Waals surface area contributed by atoms with Crippen LogP contribution in [0.25, 0.3) is 0 Å². The molecule has 15 heavy (non-hydrogen) atoms. The van der Waals surface area contributed by atoms with Crippen molar-refractivity contribution >= 4 is 23.6 Å². The Hall–Kier alpha value is -0.970. The molecule has 0 bridgehead atoms. The minimum atomic E-state index is -0.986. The summed E-state index contributed by atoms with van der Waals surface area (Å²) < 4.78 is 0. The molecule has 2 aliphatic heterocycles. The normalized spacial score (nSPS) is 30.8. The predicted molar refractivity (Wildman–Crippen MR) is 57.2 cm³/mol. The maximum Gasteiger partial charge on any atom is 0.352 e. The number of carboxylic acids is 1. The topological polar surface area (TPSA) is 57.6 Å². The Kier molecular flexibility index (Phi) is 2.50. The molecule has 2 heterocycles. The molecule has 1 fully saturated rings. The van der Waals surface area contributed by atoms with Crippen molar-refractivity contribution in [2.45, 2.75) is 25.6 Å². The molecule has 4 nitrogen and oxygen atoms in total. The molecule has 5 heteroatoms. The van der Waals surface area contributed by atoms with Crippen molar-refractivity contribution in [2.24, 2.45) is 5.92 Å². The number of aliphatic carboxylic acids is 1. The van der Waals surface area contributed by atoms with E-state index >= 15 is 0 Å². The van der Waals surface area contributed by atoms with E-state index in [0.717, 1.165) is 5.57 Å². The van der Waals surface area contributed by atoms with E-state index in [1.807, 2.05) is 6.92 Å². The number of amides is 1. The predicted octanol–water partition coefficient (Wildman–Crippen LogP) is 1.29. The number of hydrogen-bond acceptors (Lipinski definition) is 3. The minimum absolute atomic E-state index is 0.0206. The van der Waals surface area contributed by atoms with Gasteiger partial charge in [0.05, 0.1) is 5.37 Å². The van der Waals surface area contributed by atoms with Gasteiger partial charge in [-0.25, -0.2) is 4.79 Å². The van der Waals surface area contributed by atoms with E-state index in [9.17, 15) is 9.59 Å². The Labute approximate surface area is 92.3 Å². The number of nitrogens with zero attached hydrogens (tertiary/aromatic N) is 1. The van der Waals surface area contributed by atoms with Crippen molar-refractivity contribution in [2.75, 3.05) is 5.75 Å². The number of rotatable bonds is 1. The highest BCUT2D eigenvalue weighted by Crippen LogP contribution is 2.41. The first kappa shape index (κ1) is 10.5. The summed E-state index contributed by atoms with van der Waals surface area (Å²) in [6, 6.07) is 0. The summed E-state index contributed by atoms with van der Waals surface area (Å²) in [7, 11) is 0. The molecule has 0 aromatic carbocycles. The van der Waals surface area contributed by atoms with Crippen molar-refractivity contribution in [3.63, 3.8) is 0 Å². The lowest BCUT2D eigenvalue weighted by atomic mass is 10.1. The fourth-order valence-corrected chi connectivity index (χ4v) is 3.49. The second-order valence-corrected chi connectivity index (χ2v) is 5.19. The van der Waals surface area contributed by atoms with Crippen LogP contribution in [0.1, 0.15) is 20.3 Å². The fraction of sp³-hybridized carbons (Fsp3) is 0.600. The van der Waals surface area contributed by atoms with E-state index in [1.54, 1.807) is 18.7 Å². The standard InChI is InChI=1S/C10H13NO3S/c1-5-3-7(12)11-8(10(13)14)6(2)4-15-9(5)11/h5,9H,3-4H2,1-2H3,(H,13,14)/t5-,9?/m1/s1. The summed E-state index contributed by atoms with van der Waals surface area (Å²) in [5.41, 5.74) is 0.985. The largest absolute Gasteiger partial charge is 0.477 e. The van der Waals surface area contributed by atoms with Gasteiger partial charge in [-0.05, 0) is 18.4 Å². The van der Waals surface area contributed by atoms with E-state index in [0.29, 0.717) is 12.2 Å². The van der Waals surface area contributed by atoms with Crippen molar-refractivity contribution in [1.29, 1.82) is 0 Å². The van der Waals surface area contributed by atoms with E-state index in [2.05, 4.69) is 0 Å². The van der Waals surface area contributed by atoms with Gasteiger partial charge in [-0.2, -0.15) is 0 Å². The van der Waals surface area contributed by atoms with Crippen molar-refractivity contribution < 1.29 is 14.7 Å². The van der Waals surface area contributed by atoms with Gasteiger partial charge in [0.15, 0.2) is 0 Å². The summed E-state index contributed by atoms with van der Waals surface area (Å²) in [5.74, 6) is -0.0953. The molecule has 82 valence electrons. The third-order valence-corrected chi connectivity index (χ3v) is 4.44. The van der Waals surface area contributed by atoms with Crippen LogP contribution in [0.3, 0.4) is 0 Å². The van der Waals surface area contributed by atoms with Gasteiger partial charge in [-0.15, -0.1) is 11.8 Å². The Morgan fingerprint density at radius 2 is 2.27 bits per heavy atom. The molecule has 1 saturated heterocycles. The Balaban J connectivity index is 2.43. The van der Waals surface area contributed by atoms with Crippen LogP contribution in [-0.4, -0.2) is 33.0 Å². The van der Waals surface area contributed by atoms with Gasteiger partial charge in [0.2, 0.25) is 5.91 Å². The number of thioether (sulfide) groups is 1. The third kappa shape index (κ3) is 1.55. The van der Waals surface area contributed by atoms with Gasteiger partial charge >= 0.3 is 5.97 Å². The molecule has 0 radical (unpaired) electrons. The number of carboxylic acid groups (broad SMARTS) is 1. The number of fused-ring (bicyclic) bond motifs is 1. The molecule has 0 saturated carbocycles. The summed E-state index contributed by atoms with van der Waals surface area (Å²) in [6.45, 7) is 3.78. The summed E-state index contributed by atoms with van der Waals surface area (Å²) in [5, 5.41) is 9.12. The molecular formula is C10H13NO3S. The van der Waals surface area contributed by atoms with Crippen LogP contribution in [0, 0.1) is 5.92 Å². The SMILES string of the molecule is CC1=C(C(=O)O)N2C(=O)C[C@@H](C)C2SC1. The lowest BCUT2D eigenvalue weighted by Crippen LogP contribution is -2.39. The first-order valence-electron chi connectivity index (χ1n) is 4.89. The van der Waals surface area contributed by atoms with Crippen LogP contribution < -0.4 is 0 Å². The summed E-state index contributed by atoms with van der Waals surface area (Å²) >= 11 is 1.66. The fourth-order valence-electron chi connectivity index (χ4n) is 2.13. The molecule has 2 aliphatic rings. The quantitative estimate of drug-likeness (QED) is 0.733. The van der Waals surface area contributed by atoms with E-state index in [4.69, 9.17) is 5.11 Å². The number of hydrogen-bond donors (Lipinski definition) is 1. The average Bonchev–Trinajstić information content (AvgIpc) is 2.41. The third-order valence-electron chi connectivity index (χ3n) is 2.82. The van der Waals surface area contributed by atoms with Crippen LogP contribution in [0.5, 0.6) is 0 Å². The molecular weight excluding hydrogens is 214 g/mol. The summed E-state index contributed by atoms with van der Waals surface area (Å²) in [6.07, 6.45) is 0.460. The smallest absolute Gasteiger partial charge is 0.352 e. The Bertz CT molecular complexity index is 364. The molecule has 0 aromatic heterocycles. The highest BCUT2D eigenvalue weighted by atomic mass is 32.2. The maximum atomic E-state index is 11.7. The minimum Gasteiger partial charge on any atom is -0.477 e. The molecule has 1 amide bonds. The van der Waals surface area contributed by atoms with Gasteiger partial charge in [0, 0.05) is 12.2 Å². The molecule has 0 aliphatic carbocycles. The van der Waals surface area contributed by atoms with E-state index in [-0.39, 0.29) is 22.9 Å². The zero-order chi connectivity index (χ0) is 11.2. The number of carbonyl (C=O) groups is 2. The Morgan fingerprint density at radius 3 is 2.87 bits per heavy atom. The average molecular weight is 227 g/mol. The van der Waals surface area contributed by atoms with Crippen LogP contribution in [0.15, 0.2) is 11.3 Å². The van der Waals surface area contributed by atoms with Gasteiger partial charge in [0.1, 0.15) is 5.70 Å². The molecule has 2 atom stereocenters. The van der Waals surface area contributed by atoms with Gasteiger partial charge in [-0.3, -0.25) is 9.69 Å². The second-order valence-electron chi connectivity index (χ2n) is 4.08. The first-order chi connectivity index (χ1) is 7.02. The van der Waals surface area contributed by atoms with Gasteiger partial charge in [0.25, 0.3) is 0 Å². The highest BCUT2D eigenvalue weighted by molar-refractivity contribution is 8.00. The molecule has 0 aromatic rings. The van der Waals surface area contributed by atoms with Crippen molar-refractivity contribution in [3.05, 3.63) is 11.3 Å². The monoisotopic (exact) mass is 227 g/mol. The number of carbonyl (C=O) groups excluding carboxylic acids is 1. The van der Waals surface area contributed by atoms with E-state index < -0.39 is 5.97 Å². The molecule has 0 spiro atoms. The van der Waals surface area contributed by atoms with E-state index in [1.165, 1.54) is 4.90 Å². The molecule has 2 rings (SSSR count). The summed E-state index contributed by atoms with van der Waals surface area (Å²) in [4.78, 5) is 24.3. The van der Waals surface area contributed by atoms with Crippen LogP contribution in [0.4, 0.5) is 0 Å². The zero-order valence-corrected chi connectivity index (χ0v) is 9.50. The lowest BCUT2D eigenvalue weighted by Gasteiger charge is -2.32. The van der Waals surface area contributed by atoms with Crippen LogP contribution >= 0.6 is 11.8 Å². The van der Waals surface area contributed by atoms with Crippen molar-refractivity contribution in [3.8, 4) is 0 Å². The Morgan fingerprint density at radius 1 is 1.60 bits per heavy atom. The molecule has 1 N–H and O–H groups in total. The van der Waals surface area contributed by atoms with Crippen LogP contribution in [-0.2, 0) is 9.59 Å². The zero-order valence-electron chi connectivity index (χ0n) is 8.69. The highest BCUT2D eigenvalue weighted by Gasteiger charge is 2.44. The van der Waals surface area contributed by atoms with Gasteiger partial charge in [-0.1, -0.05) is 6.92 Å². The maximum absolute atomic E-state index is 11.7. The van der Waals surface area contributed by atoms with Gasteiger partial charge < -0.3 is 5.11 Å². The molecule has 1 unspecified atom stereocenters. The second kappa shape index (κ2) is 3.56. The van der Waals surface area contributed by atoms with Crippen LogP contribution in [0.2, 0.25) is 0 Å². The van der Waals surface area contributed by atoms with Crippen molar-refractivity contribution in [1.82, 2.24) is 4.90 Å². The lowest BCUT2D eigenvalue weighted by molar-refractivity contribution is -0.138.